The predicted octanol–water partition coefficient (Wildman–Crippen LogP) is 3.38. The summed E-state index contributed by atoms with van der Waals surface area (Å²) in [6, 6.07) is 7.98. The minimum absolute atomic E-state index is 0.0882. The van der Waals surface area contributed by atoms with Crippen LogP contribution in [0.15, 0.2) is 54.0 Å². The molecule has 19 heavy (non-hydrogen) atoms. The molecule has 102 valence electrons. The normalized spacial score (nSPS) is 9.74. The van der Waals surface area contributed by atoms with Gasteiger partial charge in [-0.1, -0.05) is 40.2 Å². The van der Waals surface area contributed by atoms with Gasteiger partial charge in [0.15, 0.2) is 0 Å². The molecule has 0 radical (unpaired) electrons. The third kappa shape index (κ3) is 5.75. The van der Waals surface area contributed by atoms with E-state index in [9.17, 15) is 4.79 Å². The zero-order valence-electron chi connectivity index (χ0n) is 10.9. The first-order valence-corrected chi connectivity index (χ1v) is 6.95. The lowest BCUT2D eigenvalue weighted by Gasteiger charge is -2.19. The Bertz CT molecular complexity index is 436. The highest BCUT2D eigenvalue weighted by Crippen LogP contribution is 2.11. The van der Waals surface area contributed by atoms with Gasteiger partial charge in [-0.3, -0.25) is 0 Å². The molecular formula is C15H19BrN2O. The Morgan fingerprint density at radius 3 is 2.58 bits per heavy atom. The third-order valence-corrected chi connectivity index (χ3v) is 3.06. The van der Waals surface area contributed by atoms with Crippen LogP contribution in [0.5, 0.6) is 0 Å². The molecule has 0 bridgehead atoms. The first-order valence-electron chi connectivity index (χ1n) is 6.16. The molecule has 0 spiro atoms. The molecule has 0 unspecified atom stereocenters. The van der Waals surface area contributed by atoms with Crippen LogP contribution in [0, 0.1) is 0 Å². The van der Waals surface area contributed by atoms with Crippen LogP contribution >= 0.6 is 15.9 Å². The van der Waals surface area contributed by atoms with Crippen LogP contribution < -0.4 is 5.32 Å². The monoisotopic (exact) mass is 322 g/mol. The van der Waals surface area contributed by atoms with Crippen molar-refractivity contribution in [2.75, 3.05) is 19.6 Å². The molecule has 4 heteroatoms. The molecule has 0 aliphatic heterocycles. The summed E-state index contributed by atoms with van der Waals surface area (Å²) in [5.41, 5.74) is 1.19. The predicted molar refractivity (Wildman–Crippen MR) is 83.2 cm³/mol. The van der Waals surface area contributed by atoms with E-state index in [0.717, 1.165) is 10.9 Å². The number of benzene rings is 1. The number of carbonyl (C=O) groups excluding carboxylic acids is 1. The molecule has 0 atom stereocenters. The average Bonchev–Trinajstić information content (AvgIpc) is 2.38. The van der Waals surface area contributed by atoms with Crippen LogP contribution in [0.2, 0.25) is 0 Å². The van der Waals surface area contributed by atoms with Crippen LogP contribution in [0.4, 0.5) is 4.79 Å². The summed E-state index contributed by atoms with van der Waals surface area (Å²) in [6.07, 6.45) is 4.22. The number of halogens is 1. The van der Waals surface area contributed by atoms with Crippen LogP contribution in [-0.2, 0) is 6.42 Å². The lowest BCUT2D eigenvalue weighted by atomic mass is 10.1. The number of carbonyl (C=O) groups is 1. The second-order valence-electron chi connectivity index (χ2n) is 4.09. The molecule has 1 N–H and O–H groups in total. The van der Waals surface area contributed by atoms with Crippen LogP contribution in [0.25, 0.3) is 0 Å². The van der Waals surface area contributed by atoms with Gasteiger partial charge in [0.2, 0.25) is 0 Å². The fourth-order valence-electron chi connectivity index (χ4n) is 1.67. The van der Waals surface area contributed by atoms with Gasteiger partial charge in [0.1, 0.15) is 0 Å². The Morgan fingerprint density at radius 1 is 1.32 bits per heavy atom. The van der Waals surface area contributed by atoms with Gasteiger partial charge in [0.25, 0.3) is 0 Å². The van der Waals surface area contributed by atoms with E-state index in [-0.39, 0.29) is 6.03 Å². The quantitative estimate of drug-likeness (QED) is 0.767. The van der Waals surface area contributed by atoms with Gasteiger partial charge in [0.05, 0.1) is 0 Å². The molecule has 0 aliphatic rings. The highest BCUT2D eigenvalue weighted by Gasteiger charge is 2.08. The molecule has 1 rings (SSSR count). The topological polar surface area (TPSA) is 32.3 Å². The fourth-order valence-corrected chi connectivity index (χ4v) is 2.12. The number of hydrogen-bond acceptors (Lipinski definition) is 1. The highest BCUT2D eigenvalue weighted by atomic mass is 79.9. The largest absolute Gasteiger partial charge is 0.338 e. The summed E-state index contributed by atoms with van der Waals surface area (Å²) in [7, 11) is 0. The molecule has 0 saturated carbocycles. The standard InChI is InChI=1S/C15H19BrN2O/c1-3-10-18(11-4-2)15(19)17-9-8-13-6-5-7-14(16)12-13/h3-7,12H,1-2,8-11H2,(H,17,19). The van der Waals surface area contributed by atoms with Crippen LogP contribution in [-0.4, -0.2) is 30.6 Å². The number of nitrogens with one attached hydrogen (secondary N) is 1. The highest BCUT2D eigenvalue weighted by molar-refractivity contribution is 9.10. The van der Waals surface area contributed by atoms with Crippen LogP contribution in [0.3, 0.4) is 0 Å². The molecule has 3 nitrogen and oxygen atoms in total. The van der Waals surface area contributed by atoms with E-state index in [0.29, 0.717) is 19.6 Å². The van der Waals surface area contributed by atoms with E-state index in [2.05, 4.69) is 40.5 Å². The molecule has 1 aromatic carbocycles. The second-order valence-corrected chi connectivity index (χ2v) is 5.01. The Balaban J connectivity index is 2.40. The summed E-state index contributed by atoms with van der Waals surface area (Å²) in [6.45, 7) is 8.94. The molecule has 0 aromatic heterocycles. The molecule has 2 amide bonds. The zero-order chi connectivity index (χ0) is 14.1. The van der Waals surface area contributed by atoms with Gasteiger partial charge in [-0.2, -0.15) is 0 Å². The minimum Gasteiger partial charge on any atom is -0.338 e. The van der Waals surface area contributed by atoms with Crippen molar-refractivity contribution in [2.24, 2.45) is 0 Å². The molecule has 0 saturated heterocycles. The number of hydrogen-bond donors (Lipinski definition) is 1. The Hall–Kier alpha value is -1.55. The van der Waals surface area contributed by atoms with E-state index >= 15 is 0 Å². The number of rotatable bonds is 7. The van der Waals surface area contributed by atoms with Crippen molar-refractivity contribution in [3.8, 4) is 0 Å². The second kappa shape index (κ2) is 8.53. The van der Waals surface area contributed by atoms with Gasteiger partial charge in [-0.05, 0) is 24.1 Å². The Morgan fingerprint density at radius 2 is 2.00 bits per heavy atom. The maximum Gasteiger partial charge on any atom is 0.317 e. The maximum absolute atomic E-state index is 11.9. The van der Waals surface area contributed by atoms with Crippen molar-refractivity contribution < 1.29 is 4.79 Å². The lowest BCUT2D eigenvalue weighted by molar-refractivity contribution is 0.208. The van der Waals surface area contributed by atoms with Crippen molar-refractivity contribution in [3.63, 3.8) is 0 Å². The van der Waals surface area contributed by atoms with Crippen LogP contribution in [0.1, 0.15) is 5.56 Å². The van der Waals surface area contributed by atoms with E-state index in [4.69, 9.17) is 0 Å². The van der Waals surface area contributed by atoms with Crippen molar-refractivity contribution in [2.45, 2.75) is 6.42 Å². The van der Waals surface area contributed by atoms with E-state index in [1.807, 2.05) is 18.2 Å². The maximum atomic E-state index is 11.9. The van der Waals surface area contributed by atoms with Crippen molar-refractivity contribution in [1.29, 1.82) is 0 Å². The van der Waals surface area contributed by atoms with Gasteiger partial charge in [0, 0.05) is 24.1 Å². The fraction of sp³-hybridized carbons (Fsp3) is 0.267. The first kappa shape index (κ1) is 15.5. The summed E-state index contributed by atoms with van der Waals surface area (Å²) in [5, 5.41) is 2.90. The first-order chi connectivity index (χ1) is 9.17. The Labute approximate surface area is 123 Å². The zero-order valence-corrected chi connectivity index (χ0v) is 12.5. The summed E-state index contributed by atoms with van der Waals surface area (Å²) in [4.78, 5) is 13.5. The van der Waals surface area contributed by atoms with Gasteiger partial charge in [-0.25, -0.2) is 4.79 Å². The summed E-state index contributed by atoms with van der Waals surface area (Å²) < 4.78 is 1.05. The summed E-state index contributed by atoms with van der Waals surface area (Å²) >= 11 is 3.43. The van der Waals surface area contributed by atoms with E-state index in [1.165, 1.54) is 5.56 Å². The van der Waals surface area contributed by atoms with E-state index < -0.39 is 0 Å². The third-order valence-electron chi connectivity index (χ3n) is 2.57. The molecule has 1 aromatic rings. The van der Waals surface area contributed by atoms with Gasteiger partial charge >= 0.3 is 6.03 Å². The SMILES string of the molecule is C=CCN(CC=C)C(=O)NCCc1cccc(Br)c1. The number of urea groups is 1. The number of amides is 2. The lowest BCUT2D eigenvalue weighted by Crippen LogP contribution is -2.40. The van der Waals surface area contributed by atoms with Gasteiger partial charge in [-0.15, -0.1) is 13.2 Å². The Kier molecular flexibility index (Phi) is 6.97. The van der Waals surface area contributed by atoms with Crippen molar-refractivity contribution in [1.82, 2.24) is 10.2 Å². The van der Waals surface area contributed by atoms with Crippen molar-refractivity contribution in [3.05, 3.63) is 59.6 Å². The molecule has 0 aliphatic carbocycles. The molecule has 0 heterocycles. The smallest absolute Gasteiger partial charge is 0.317 e. The van der Waals surface area contributed by atoms with Crippen molar-refractivity contribution >= 4 is 22.0 Å². The molecule has 0 fully saturated rings. The minimum atomic E-state index is -0.0882. The molecular weight excluding hydrogens is 304 g/mol. The average molecular weight is 323 g/mol. The van der Waals surface area contributed by atoms with E-state index in [1.54, 1.807) is 17.1 Å². The van der Waals surface area contributed by atoms with Gasteiger partial charge < -0.3 is 10.2 Å². The number of nitrogens with zero attached hydrogens (tertiary/aromatic N) is 1. The summed E-state index contributed by atoms with van der Waals surface area (Å²) in [5.74, 6) is 0.